The molecule has 3 aromatic carbocycles. The van der Waals surface area contributed by atoms with Crippen molar-refractivity contribution < 1.29 is 4.57 Å². The van der Waals surface area contributed by atoms with Crippen LogP contribution in [-0.2, 0) is 4.57 Å². The van der Waals surface area contributed by atoms with Crippen LogP contribution in [0, 0.1) is 0 Å². The Hall–Kier alpha value is -2.15. The molecule has 3 aromatic rings. The average Bonchev–Trinajstić information content (AvgIpc) is 2.63. The van der Waals surface area contributed by atoms with Gasteiger partial charge in [-0.15, -0.1) is 0 Å². The fourth-order valence-corrected chi connectivity index (χ4v) is 5.03. The van der Waals surface area contributed by atoms with Crippen LogP contribution >= 0.6 is 18.9 Å². The van der Waals surface area contributed by atoms with Crippen molar-refractivity contribution >= 4 is 35.2 Å². The van der Waals surface area contributed by atoms with Gasteiger partial charge in [-0.3, -0.25) is 4.57 Å². The summed E-state index contributed by atoms with van der Waals surface area (Å²) >= 11 is 6.27. The Morgan fingerprint density at radius 2 is 1.25 bits per heavy atom. The maximum absolute atomic E-state index is 13.9. The lowest BCUT2D eigenvalue weighted by molar-refractivity contribution is 0.588. The standard InChI is InChI=1S/C20H17ClNOP/c1-16(19-14-8-9-15-20(19)21)22-24(23,17-10-4-2-5-11-17)18-12-6-3-7-13-18/h2-15H,1H3/b22-16+. The third kappa shape index (κ3) is 3.36. The molecule has 0 amide bonds. The molecule has 0 saturated heterocycles. The second kappa shape index (κ2) is 7.17. The van der Waals surface area contributed by atoms with E-state index in [-0.39, 0.29) is 0 Å². The van der Waals surface area contributed by atoms with Crippen molar-refractivity contribution in [1.82, 2.24) is 0 Å². The summed E-state index contributed by atoms with van der Waals surface area (Å²) in [6.45, 7) is 1.85. The van der Waals surface area contributed by atoms with Crippen molar-refractivity contribution in [2.75, 3.05) is 0 Å². The predicted molar refractivity (Wildman–Crippen MR) is 103 cm³/mol. The zero-order valence-electron chi connectivity index (χ0n) is 13.3. The van der Waals surface area contributed by atoms with Crippen LogP contribution < -0.4 is 10.6 Å². The number of halogens is 1. The second-order valence-electron chi connectivity index (χ2n) is 5.41. The molecule has 0 aliphatic rings. The summed E-state index contributed by atoms with van der Waals surface area (Å²) in [4.78, 5) is 0. The van der Waals surface area contributed by atoms with Crippen LogP contribution in [0.2, 0.25) is 5.02 Å². The number of benzene rings is 3. The predicted octanol–water partition coefficient (Wildman–Crippen LogP) is 5.08. The fraction of sp³-hybridized carbons (Fsp3) is 0.0500. The van der Waals surface area contributed by atoms with E-state index in [1.165, 1.54) is 0 Å². The van der Waals surface area contributed by atoms with Gasteiger partial charge in [0.25, 0.3) is 0 Å². The molecule has 0 heterocycles. The van der Waals surface area contributed by atoms with Gasteiger partial charge in [0.1, 0.15) is 0 Å². The molecule has 2 nitrogen and oxygen atoms in total. The summed E-state index contributed by atoms with van der Waals surface area (Å²) in [6, 6.07) is 26.2. The molecule has 0 fully saturated rings. The minimum atomic E-state index is -3.14. The highest BCUT2D eigenvalue weighted by Gasteiger charge is 2.26. The van der Waals surface area contributed by atoms with Gasteiger partial charge in [0.2, 0.25) is 7.29 Å². The first kappa shape index (κ1) is 16.7. The average molecular weight is 354 g/mol. The van der Waals surface area contributed by atoms with E-state index in [2.05, 4.69) is 4.76 Å². The van der Waals surface area contributed by atoms with Gasteiger partial charge in [-0.1, -0.05) is 66.2 Å². The molecule has 0 aromatic heterocycles. The van der Waals surface area contributed by atoms with Gasteiger partial charge < -0.3 is 0 Å². The van der Waals surface area contributed by atoms with Crippen molar-refractivity contribution in [2.45, 2.75) is 6.92 Å². The van der Waals surface area contributed by atoms with E-state index in [9.17, 15) is 4.57 Å². The highest BCUT2D eigenvalue weighted by molar-refractivity contribution is 7.77. The first-order chi connectivity index (χ1) is 11.6. The molecule has 0 bridgehead atoms. The normalized spacial score (nSPS) is 12.2. The molecule has 120 valence electrons. The minimum absolute atomic E-state index is 0.603. The zero-order chi connectivity index (χ0) is 17.0. The van der Waals surface area contributed by atoms with Gasteiger partial charge in [0.05, 0.1) is 0 Å². The van der Waals surface area contributed by atoms with Crippen LogP contribution in [0.15, 0.2) is 89.7 Å². The van der Waals surface area contributed by atoms with Crippen LogP contribution in [0.1, 0.15) is 12.5 Å². The summed E-state index contributed by atoms with van der Waals surface area (Å²) < 4.78 is 18.5. The first-order valence-electron chi connectivity index (χ1n) is 7.64. The van der Waals surface area contributed by atoms with Crippen molar-refractivity contribution in [2.24, 2.45) is 4.76 Å². The lowest BCUT2D eigenvalue weighted by atomic mass is 10.1. The Labute approximate surface area is 147 Å². The van der Waals surface area contributed by atoms with Crippen molar-refractivity contribution in [3.63, 3.8) is 0 Å². The van der Waals surface area contributed by atoms with Gasteiger partial charge in [-0.2, -0.15) is 0 Å². The van der Waals surface area contributed by atoms with E-state index >= 15 is 0 Å². The molecule has 0 unspecified atom stereocenters. The van der Waals surface area contributed by atoms with E-state index in [0.29, 0.717) is 21.3 Å². The van der Waals surface area contributed by atoms with Crippen molar-refractivity contribution in [1.29, 1.82) is 0 Å². The maximum Gasteiger partial charge on any atom is 0.247 e. The van der Waals surface area contributed by atoms with E-state index in [1.807, 2.05) is 91.9 Å². The molecule has 0 radical (unpaired) electrons. The Balaban J connectivity index is 2.19. The third-order valence-corrected chi connectivity index (χ3v) is 6.67. The van der Waals surface area contributed by atoms with Crippen molar-refractivity contribution in [3.8, 4) is 0 Å². The molecular formula is C20H17ClNOP. The minimum Gasteiger partial charge on any atom is -0.288 e. The highest BCUT2D eigenvalue weighted by Crippen LogP contribution is 2.45. The smallest absolute Gasteiger partial charge is 0.247 e. The van der Waals surface area contributed by atoms with Crippen LogP contribution in [0.3, 0.4) is 0 Å². The van der Waals surface area contributed by atoms with Crippen LogP contribution in [0.4, 0.5) is 0 Å². The van der Waals surface area contributed by atoms with Gasteiger partial charge in [0.15, 0.2) is 0 Å². The van der Waals surface area contributed by atoms with Crippen LogP contribution in [-0.4, -0.2) is 5.71 Å². The summed E-state index contributed by atoms with van der Waals surface area (Å²) in [5.74, 6) is 0. The Morgan fingerprint density at radius 1 is 0.792 bits per heavy atom. The molecule has 0 aliphatic heterocycles. The number of hydrogen-bond acceptors (Lipinski definition) is 1. The van der Waals surface area contributed by atoms with E-state index in [1.54, 1.807) is 0 Å². The zero-order valence-corrected chi connectivity index (χ0v) is 14.9. The summed E-state index contributed by atoms with van der Waals surface area (Å²) in [5, 5.41) is 2.02. The lowest BCUT2D eigenvalue weighted by Crippen LogP contribution is -2.15. The molecular weight excluding hydrogens is 337 g/mol. The summed E-state index contributed by atoms with van der Waals surface area (Å²) in [6.07, 6.45) is 0. The molecule has 0 N–H and O–H groups in total. The third-order valence-electron chi connectivity index (χ3n) is 3.77. The van der Waals surface area contributed by atoms with Gasteiger partial charge in [-0.25, -0.2) is 4.76 Å². The SMILES string of the molecule is C/C(=N\P(=O)(c1ccccc1)c1ccccc1)c1ccccc1Cl. The van der Waals surface area contributed by atoms with E-state index in [0.717, 1.165) is 5.56 Å². The highest BCUT2D eigenvalue weighted by atomic mass is 35.5. The largest absolute Gasteiger partial charge is 0.288 e. The molecule has 0 aliphatic carbocycles. The van der Waals surface area contributed by atoms with E-state index < -0.39 is 7.29 Å². The summed E-state index contributed by atoms with van der Waals surface area (Å²) in [7, 11) is -3.14. The lowest BCUT2D eigenvalue weighted by Gasteiger charge is -2.16. The van der Waals surface area contributed by atoms with Gasteiger partial charge in [-0.05, 0) is 37.3 Å². The quantitative estimate of drug-likeness (QED) is 0.475. The summed E-state index contributed by atoms with van der Waals surface area (Å²) in [5.41, 5.74) is 1.46. The maximum atomic E-state index is 13.9. The second-order valence-corrected chi connectivity index (χ2v) is 8.20. The van der Waals surface area contributed by atoms with E-state index in [4.69, 9.17) is 11.6 Å². The topological polar surface area (TPSA) is 29.4 Å². The molecule has 24 heavy (non-hydrogen) atoms. The van der Waals surface area contributed by atoms with Crippen LogP contribution in [0.25, 0.3) is 0 Å². The van der Waals surface area contributed by atoms with Crippen molar-refractivity contribution in [3.05, 3.63) is 95.5 Å². The molecule has 0 saturated carbocycles. The number of rotatable bonds is 4. The number of nitrogens with zero attached hydrogens (tertiary/aromatic N) is 1. The monoisotopic (exact) mass is 353 g/mol. The Morgan fingerprint density at radius 3 is 1.75 bits per heavy atom. The molecule has 4 heteroatoms. The van der Waals surface area contributed by atoms with Gasteiger partial charge >= 0.3 is 0 Å². The first-order valence-corrected chi connectivity index (χ1v) is 9.68. The molecule has 0 atom stereocenters. The van der Waals surface area contributed by atoms with Crippen LogP contribution in [0.5, 0.6) is 0 Å². The Kier molecular flexibility index (Phi) is 4.99. The molecule has 0 spiro atoms. The Bertz CT molecular complexity index is 864. The van der Waals surface area contributed by atoms with Gasteiger partial charge in [0, 0.05) is 26.9 Å². The fourth-order valence-electron chi connectivity index (χ4n) is 2.54. The number of hydrogen-bond donors (Lipinski definition) is 0. The molecule has 3 rings (SSSR count).